The fraction of sp³-hybridized carbons (Fsp3) is 0.533. The number of urea groups is 1. The predicted octanol–water partition coefficient (Wildman–Crippen LogP) is 3.99. The van der Waals surface area contributed by atoms with Gasteiger partial charge in [-0.3, -0.25) is 4.79 Å². The van der Waals surface area contributed by atoms with Crippen LogP contribution in [0.1, 0.15) is 61.9 Å². The molecular weight excluding hydrogens is 544 g/mol. The van der Waals surface area contributed by atoms with Crippen molar-refractivity contribution in [3.63, 3.8) is 0 Å². The molecule has 1 aliphatic heterocycles. The van der Waals surface area contributed by atoms with Crippen LogP contribution in [0, 0.1) is 12.8 Å². The van der Waals surface area contributed by atoms with Crippen molar-refractivity contribution in [2.75, 3.05) is 32.1 Å². The second kappa shape index (κ2) is 13.2. The first-order valence-electron chi connectivity index (χ1n) is 14.3. The zero-order chi connectivity index (χ0) is 29.7. The molecule has 3 amide bonds. The Labute approximate surface area is 243 Å². The largest absolute Gasteiger partial charge is 0.488 e. The lowest BCUT2D eigenvalue weighted by atomic mass is 9.96. The van der Waals surface area contributed by atoms with Crippen LogP contribution in [0.25, 0.3) is 0 Å². The van der Waals surface area contributed by atoms with Gasteiger partial charge in [0, 0.05) is 31.2 Å². The Balaban J connectivity index is 1.59. The quantitative estimate of drug-likeness (QED) is 0.429. The van der Waals surface area contributed by atoms with Crippen LogP contribution in [-0.4, -0.2) is 79.6 Å². The minimum atomic E-state index is -3.78. The van der Waals surface area contributed by atoms with E-state index in [0.29, 0.717) is 11.4 Å². The summed E-state index contributed by atoms with van der Waals surface area (Å²) in [4.78, 5) is 28.1. The van der Waals surface area contributed by atoms with Gasteiger partial charge in [-0.05, 0) is 57.0 Å². The number of nitrogens with zero attached hydrogens (tertiary/aromatic N) is 2. The maximum Gasteiger partial charge on any atom is 0.319 e. The molecule has 2 aromatic rings. The van der Waals surface area contributed by atoms with Gasteiger partial charge in [0.2, 0.25) is 10.0 Å². The summed E-state index contributed by atoms with van der Waals surface area (Å²) in [6.45, 7) is 5.63. The van der Waals surface area contributed by atoms with Gasteiger partial charge in [0.25, 0.3) is 5.91 Å². The molecule has 0 unspecified atom stereocenters. The molecule has 1 fully saturated rings. The minimum Gasteiger partial charge on any atom is -0.488 e. The number of fused-ring (bicyclic) bond motifs is 1. The number of aliphatic hydroxyl groups excluding tert-OH is 1. The molecule has 0 spiro atoms. The molecule has 0 bridgehead atoms. The number of anilines is 1. The lowest BCUT2D eigenvalue weighted by molar-refractivity contribution is 0.0387. The van der Waals surface area contributed by atoms with Crippen LogP contribution in [0.3, 0.4) is 0 Å². The van der Waals surface area contributed by atoms with Crippen molar-refractivity contribution in [2.45, 2.75) is 76.0 Å². The Hall–Kier alpha value is -3.15. The SMILES string of the molecule is Cc1ccc(S(=O)(=O)N(C)C[C@@H]2Oc3ccc(NC(=O)NC4CCCCC4)cc3C(=O)N([C@H](C)CO)C[C@@H]2C)cc1. The van der Waals surface area contributed by atoms with Gasteiger partial charge in [0.05, 0.1) is 29.7 Å². The van der Waals surface area contributed by atoms with E-state index in [2.05, 4.69) is 10.6 Å². The molecule has 1 aliphatic carbocycles. The summed E-state index contributed by atoms with van der Waals surface area (Å²) in [5.41, 5.74) is 1.64. The number of carbonyl (C=O) groups excluding carboxylic acids is 2. The number of amides is 3. The average Bonchev–Trinajstić information content (AvgIpc) is 2.95. The Bertz CT molecular complexity index is 1330. The summed E-state index contributed by atoms with van der Waals surface area (Å²) in [5, 5.41) is 15.8. The number of aliphatic hydroxyl groups is 1. The molecule has 3 N–H and O–H groups in total. The van der Waals surface area contributed by atoms with Crippen molar-refractivity contribution in [2.24, 2.45) is 5.92 Å². The van der Waals surface area contributed by atoms with Gasteiger partial charge >= 0.3 is 6.03 Å². The smallest absolute Gasteiger partial charge is 0.319 e. The number of carbonyl (C=O) groups is 2. The number of nitrogens with one attached hydrogen (secondary N) is 2. The van der Waals surface area contributed by atoms with E-state index in [9.17, 15) is 23.1 Å². The molecule has 3 atom stereocenters. The second-order valence-corrected chi connectivity index (χ2v) is 13.4. The Morgan fingerprint density at radius 3 is 2.49 bits per heavy atom. The summed E-state index contributed by atoms with van der Waals surface area (Å²) in [6, 6.07) is 10.9. The van der Waals surface area contributed by atoms with Crippen LogP contribution in [0.15, 0.2) is 47.4 Å². The van der Waals surface area contributed by atoms with E-state index in [4.69, 9.17) is 4.74 Å². The van der Waals surface area contributed by atoms with Crippen molar-refractivity contribution < 1.29 is 27.9 Å². The van der Waals surface area contributed by atoms with Crippen molar-refractivity contribution in [3.8, 4) is 5.75 Å². The number of ether oxygens (including phenoxy) is 1. The van der Waals surface area contributed by atoms with Gasteiger partial charge in [-0.2, -0.15) is 4.31 Å². The lowest BCUT2D eigenvalue weighted by Crippen LogP contribution is -2.50. The van der Waals surface area contributed by atoms with Crippen molar-refractivity contribution >= 4 is 27.6 Å². The molecule has 224 valence electrons. The monoisotopic (exact) mass is 586 g/mol. The summed E-state index contributed by atoms with van der Waals surface area (Å²) in [7, 11) is -2.26. The molecule has 4 rings (SSSR count). The molecule has 10 nitrogen and oxygen atoms in total. The molecule has 0 radical (unpaired) electrons. The number of hydrogen-bond donors (Lipinski definition) is 3. The summed E-state index contributed by atoms with van der Waals surface area (Å²) in [5.74, 6) is -0.291. The molecule has 1 saturated carbocycles. The average molecular weight is 587 g/mol. The number of hydrogen-bond acceptors (Lipinski definition) is 6. The van der Waals surface area contributed by atoms with E-state index in [1.54, 1.807) is 54.3 Å². The number of likely N-dealkylation sites (N-methyl/N-ethyl adjacent to an activating group) is 1. The van der Waals surface area contributed by atoms with E-state index in [0.717, 1.165) is 31.2 Å². The maximum atomic E-state index is 13.7. The van der Waals surface area contributed by atoms with Gasteiger partial charge < -0.3 is 25.4 Å². The number of benzene rings is 2. The van der Waals surface area contributed by atoms with Gasteiger partial charge in [-0.1, -0.05) is 43.9 Å². The molecular formula is C30H42N4O6S. The van der Waals surface area contributed by atoms with Crippen LogP contribution in [0.2, 0.25) is 0 Å². The zero-order valence-electron chi connectivity index (χ0n) is 24.3. The highest BCUT2D eigenvalue weighted by Crippen LogP contribution is 2.31. The minimum absolute atomic E-state index is 0.0517. The first kappa shape index (κ1) is 30.8. The van der Waals surface area contributed by atoms with Gasteiger partial charge in [-0.25, -0.2) is 13.2 Å². The van der Waals surface area contributed by atoms with Crippen LogP contribution in [-0.2, 0) is 10.0 Å². The van der Waals surface area contributed by atoms with Gasteiger partial charge in [-0.15, -0.1) is 0 Å². The van der Waals surface area contributed by atoms with Crippen LogP contribution in [0.4, 0.5) is 10.5 Å². The van der Waals surface area contributed by atoms with Crippen LogP contribution >= 0.6 is 0 Å². The van der Waals surface area contributed by atoms with Crippen molar-refractivity contribution in [1.82, 2.24) is 14.5 Å². The summed E-state index contributed by atoms with van der Waals surface area (Å²) in [6.07, 6.45) is 4.68. The summed E-state index contributed by atoms with van der Waals surface area (Å²) < 4.78 is 34.2. The standard InChI is InChI=1S/C30H42N4O6S/c1-20-10-13-25(14-11-20)41(38,39)33(4)18-28-21(2)17-34(22(3)19-35)29(36)26-16-24(12-15-27(26)40-28)32-30(37)31-23-8-6-5-7-9-23/h10-16,21-23,28,35H,5-9,17-19H2,1-4H3,(H2,31,32,37)/t21-,22+,28-/m0/s1. The van der Waals surface area contributed by atoms with Crippen molar-refractivity contribution in [3.05, 3.63) is 53.6 Å². The van der Waals surface area contributed by atoms with E-state index >= 15 is 0 Å². The molecule has 0 aromatic heterocycles. The number of sulfonamides is 1. The fourth-order valence-electron chi connectivity index (χ4n) is 5.36. The van der Waals surface area contributed by atoms with Gasteiger partial charge in [0.1, 0.15) is 11.9 Å². The highest BCUT2D eigenvalue weighted by Gasteiger charge is 2.35. The zero-order valence-corrected chi connectivity index (χ0v) is 25.1. The first-order chi connectivity index (χ1) is 19.5. The molecule has 11 heteroatoms. The molecule has 1 heterocycles. The Kier molecular flexibility index (Phi) is 9.93. The number of rotatable bonds is 8. The summed E-state index contributed by atoms with van der Waals surface area (Å²) >= 11 is 0. The Morgan fingerprint density at radius 1 is 1.15 bits per heavy atom. The van der Waals surface area contributed by atoms with E-state index in [1.807, 2.05) is 13.8 Å². The normalized spacial score (nSPS) is 20.9. The molecule has 2 aliphatic rings. The van der Waals surface area contributed by atoms with Crippen molar-refractivity contribution in [1.29, 1.82) is 0 Å². The molecule has 0 saturated heterocycles. The second-order valence-electron chi connectivity index (χ2n) is 11.4. The first-order valence-corrected chi connectivity index (χ1v) is 15.8. The van der Waals surface area contributed by atoms with Gasteiger partial charge in [0.15, 0.2) is 0 Å². The predicted molar refractivity (Wildman–Crippen MR) is 158 cm³/mol. The van der Waals surface area contributed by atoms with E-state index in [-0.39, 0.29) is 54.1 Å². The topological polar surface area (TPSA) is 128 Å². The Morgan fingerprint density at radius 2 is 1.83 bits per heavy atom. The fourth-order valence-corrected chi connectivity index (χ4v) is 6.54. The van der Waals surface area contributed by atoms with E-state index < -0.39 is 22.2 Å². The number of aryl methyl sites for hydroxylation is 1. The van der Waals surface area contributed by atoms with Crippen LogP contribution < -0.4 is 15.4 Å². The molecule has 41 heavy (non-hydrogen) atoms. The van der Waals surface area contributed by atoms with Crippen LogP contribution in [0.5, 0.6) is 5.75 Å². The third-order valence-corrected chi connectivity index (χ3v) is 9.87. The third kappa shape index (κ3) is 7.38. The highest BCUT2D eigenvalue weighted by atomic mass is 32.2. The third-order valence-electron chi connectivity index (χ3n) is 8.03. The highest BCUT2D eigenvalue weighted by molar-refractivity contribution is 7.89. The lowest BCUT2D eigenvalue weighted by Gasteiger charge is -2.38. The molecule has 2 aromatic carbocycles. The van der Waals surface area contributed by atoms with E-state index in [1.165, 1.54) is 17.8 Å². The maximum absolute atomic E-state index is 13.7.